The number of aromatic nitrogens is 3. The van der Waals surface area contributed by atoms with E-state index in [0.29, 0.717) is 28.4 Å². The van der Waals surface area contributed by atoms with Gasteiger partial charge in [0.1, 0.15) is 17.0 Å². The third kappa shape index (κ3) is 3.44. The maximum absolute atomic E-state index is 13.3. The average molecular weight is 441 g/mol. The van der Waals surface area contributed by atoms with Crippen molar-refractivity contribution in [3.05, 3.63) is 114 Å². The van der Waals surface area contributed by atoms with E-state index in [9.17, 15) is 4.79 Å². The first kappa shape index (κ1) is 20.0. The summed E-state index contributed by atoms with van der Waals surface area (Å²) < 4.78 is 6.12. The number of rotatable bonds is 4. The highest BCUT2D eigenvalue weighted by molar-refractivity contribution is 6.09. The highest BCUT2D eigenvalue weighted by atomic mass is 16.3. The summed E-state index contributed by atoms with van der Waals surface area (Å²) in [4.78, 5) is 27.1. The lowest BCUT2D eigenvalue weighted by Gasteiger charge is -2.06. The third-order valence-corrected chi connectivity index (χ3v) is 5.81. The van der Waals surface area contributed by atoms with Gasteiger partial charge in [-0.05, 0) is 49.4 Å². The van der Waals surface area contributed by atoms with E-state index in [1.807, 2.05) is 91.9 Å². The molecule has 4 heterocycles. The van der Waals surface area contributed by atoms with E-state index in [4.69, 9.17) is 4.42 Å². The molecule has 0 saturated heterocycles. The molecule has 0 spiro atoms. The maximum atomic E-state index is 13.3. The van der Waals surface area contributed by atoms with Crippen molar-refractivity contribution in [2.24, 2.45) is 0 Å². The van der Waals surface area contributed by atoms with Crippen molar-refractivity contribution >= 4 is 27.9 Å². The number of nitrogens with zero attached hydrogens (tertiary/aromatic N) is 3. The van der Waals surface area contributed by atoms with Gasteiger partial charge in [0.15, 0.2) is 0 Å². The molecule has 0 aliphatic carbocycles. The first-order chi connectivity index (χ1) is 16.7. The first-order valence-corrected chi connectivity index (χ1v) is 11.0. The number of para-hydroxylation sites is 1. The second kappa shape index (κ2) is 8.05. The van der Waals surface area contributed by atoms with E-state index in [0.717, 1.165) is 33.3 Å². The summed E-state index contributed by atoms with van der Waals surface area (Å²) in [5.74, 6) is -0.228. The van der Waals surface area contributed by atoms with Gasteiger partial charge in [0.05, 0.1) is 11.4 Å². The van der Waals surface area contributed by atoms with E-state index in [1.54, 1.807) is 12.1 Å². The molecule has 0 saturated carbocycles. The van der Waals surface area contributed by atoms with E-state index < -0.39 is 0 Å². The first-order valence-electron chi connectivity index (χ1n) is 11.0. The molecule has 0 atom stereocenters. The zero-order valence-electron chi connectivity index (χ0n) is 18.4. The molecular formula is C29H19N3O2. The summed E-state index contributed by atoms with van der Waals surface area (Å²) >= 11 is 0. The van der Waals surface area contributed by atoms with Crippen LogP contribution in [0.25, 0.3) is 44.6 Å². The molecule has 0 aliphatic heterocycles. The van der Waals surface area contributed by atoms with E-state index in [1.165, 1.54) is 0 Å². The van der Waals surface area contributed by atoms with Crippen LogP contribution in [0.5, 0.6) is 0 Å². The molecule has 0 aliphatic rings. The van der Waals surface area contributed by atoms with Crippen LogP contribution in [0.15, 0.2) is 101 Å². The van der Waals surface area contributed by atoms with Crippen LogP contribution in [-0.2, 0) is 0 Å². The lowest BCUT2D eigenvalue weighted by atomic mass is 10.1. The standard InChI is InChI=1S/C29H19N3O2/c1-18-16-17-21-20-10-5-11-22(28(20)34-29(21)30-18)24-13-7-15-26(32-24)27(33)25-14-6-12-23(31-25)19-8-3-2-4-9-19/h2-17H,1H3. The van der Waals surface area contributed by atoms with E-state index in [2.05, 4.69) is 15.0 Å². The molecule has 6 rings (SSSR count). The van der Waals surface area contributed by atoms with Gasteiger partial charge in [0, 0.05) is 27.6 Å². The Hall–Kier alpha value is -4.64. The van der Waals surface area contributed by atoms with Gasteiger partial charge in [-0.3, -0.25) is 4.79 Å². The predicted molar refractivity (Wildman–Crippen MR) is 133 cm³/mol. The van der Waals surface area contributed by atoms with Crippen molar-refractivity contribution in [2.45, 2.75) is 6.92 Å². The fourth-order valence-electron chi connectivity index (χ4n) is 4.15. The van der Waals surface area contributed by atoms with Gasteiger partial charge >= 0.3 is 0 Å². The number of fused-ring (bicyclic) bond motifs is 3. The van der Waals surface area contributed by atoms with E-state index >= 15 is 0 Å². The Balaban J connectivity index is 1.42. The van der Waals surface area contributed by atoms with E-state index in [-0.39, 0.29) is 5.78 Å². The number of hydrogen-bond acceptors (Lipinski definition) is 5. The van der Waals surface area contributed by atoms with Crippen LogP contribution in [0, 0.1) is 6.92 Å². The number of carbonyl (C=O) groups is 1. The number of aryl methyl sites for hydroxylation is 1. The minimum Gasteiger partial charge on any atom is -0.437 e. The topological polar surface area (TPSA) is 68.9 Å². The molecular weight excluding hydrogens is 422 g/mol. The van der Waals surface area contributed by atoms with Crippen LogP contribution in [0.3, 0.4) is 0 Å². The van der Waals surface area contributed by atoms with Crippen molar-refractivity contribution in [3.8, 4) is 22.5 Å². The smallest absolute Gasteiger partial charge is 0.229 e. The van der Waals surface area contributed by atoms with Crippen molar-refractivity contribution < 1.29 is 9.21 Å². The number of carbonyl (C=O) groups excluding carboxylic acids is 1. The van der Waals surface area contributed by atoms with Crippen LogP contribution in [0.1, 0.15) is 21.9 Å². The normalized spacial score (nSPS) is 11.2. The monoisotopic (exact) mass is 441 g/mol. The third-order valence-electron chi connectivity index (χ3n) is 5.81. The summed E-state index contributed by atoms with van der Waals surface area (Å²) in [5, 5.41) is 1.92. The van der Waals surface area contributed by atoms with Gasteiger partial charge in [-0.1, -0.05) is 54.6 Å². The molecule has 2 aromatic carbocycles. The lowest BCUT2D eigenvalue weighted by Crippen LogP contribution is -2.07. The highest BCUT2D eigenvalue weighted by Crippen LogP contribution is 2.34. The maximum Gasteiger partial charge on any atom is 0.229 e. The van der Waals surface area contributed by atoms with Gasteiger partial charge in [-0.25, -0.2) is 15.0 Å². The highest BCUT2D eigenvalue weighted by Gasteiger charge is 2.17. The SMILES string of the molecule is Cc1ccc2c(n1)oc1c(-c3cccc(C(=O)c4cccc(-c5ccccc5)n4)n3)cccc12. The molecule has 0 N–H and O–H groups in total. The number of benzene rings is 2. The Morgan fingerprint density at radius 3 is 2.15 bits per heavy atom. The van der Waals surface area contributed by atoms with Gasteiger partial charge in [0.25, 0.3) is 0 Å². The average Bonchev–Trinajstić information content (AvgIpc) is 3.26. The van der Waals surface area contributed by atoms with Crippen LogP contribution >= 0.6 is 0 Å². The summed E-state index contributed by atoms with van der Waals surface area (Å²) in [6.07, 6.45) is 0. The van der Waals surface area contributed by atoms with Gasteiger partial charge in [-0.15, -0.1) is 0 Å². The summed E-state index contributed by atoms with van der Waals surface area (Å²) in [5.41, 5.74) is 6.06. The Labute approximate surface area is 195 Å². The molecule has 0 bridgehead atoms. The minimum atomic E-state index is -0.228. The Morgan fingerprint density at radius 2 is 1.35 bits per heavy atom. The van der Waals surface area contributed by atoms with Gasteiger partial charge in [0.2, 0.25) is 11.5 Å². The number of hydrogen-bond donors (Lipinski definition) is 0. The quantitative estimate of drug-likeness (QED) is 0.287. The molecule has 162 valence electrons. The van der Waals surface area contributed by atoms with Gasteiger partial charge in [-0.2, -0.15) is 0 Å². The molecule has 0 amide bonds. The fraction of sp³-hybridized carbons (Fsp3) is 0.0345. The number of ketones is 1. The molecule has 34 heavy (non-hydrogen) atoms. The molecule has 5 nitrogen and oxygen atoms in total. The lowest BCUT2D eigenvalue weighted by molar-refractivity contribution is 0.103. The zero-order valence-corrected chi connectivity index (χ0v) is 18.4. The second-order valence-corrected chi connectivity index (χ2v) is 8.10. The van der Waals surface area contributed by atoms with Crippen LogP contribution in [0.2, 0.25) is 0 Å². The minimum absolute atomic E-state index is 0.228. The second-order valence-electron chi connectivity index (χ2n) is 8.10. The van der Waals surface area contributed by atoms with Crippen LogP contribution in [-0.4, -0.2) is 20.7 Å². The van der Waals surface area contributed by atoms with Crippen molar-refractivity contribution in [2.75, 3.05) is 0 Å². The van der Waals surface area contributed by atoms with Gasteiger partial charge < -0.3 is 4.42 Å². The van der Waals surface area contributed by atoms with Crippen molar-refractivity contribution in [3.63, 3.8) is 0 Å². The van der Waals surface area contributed by atoms with Crippen molar-refractivity contribution in [1.82, 2.24) is 15.0 Å². The molecule has 6 aromatic rings. The number of furan rings is 1. The number of pyridine rings is 3. The van der Waals surface area contributed by atoms with Crippen LogP contribution < -0.4 is 0 Å². The largest absolute Gasteiger partial charge is 0.437 e. The molecule has 4 aromatic heterocycles. The molecule has 5 heteroatoms. The summed E-state index contributed by atoms with van der Waals surface area (Å²) in [6, 6.07) is 30.6. The Kier molecular flexibility index (Phi) is 4.73. The zero-order chi connectivity index (χ0) is 23.1. The molecule has 0 fully saturated rings. The Bertz CT molecular complexity index is 1690. The van der Waals surface area contributed by atoms with Crippen molar-refractivity contribution in [1.29, 1.82) is 0 Å². The predicted octanol–water partition coefficient (Wildman–Crippen LogP) is 6.64. The molecule has 0 unspecified atom stereocenters. The van der Waals surface area contributed by atoms with Crippen LogP contribution in [0.4, 0.5) is 0 Å². The molecule has 0 radical (unpaired) electrons. The fourth-order valence-corrected chi connectivity index (χ4v) is 4.15. The Morgan fingerprint density at radius 1 is 0.647 bits per heavy atom. The summed E-state index contributed by atoms with van der Waals surface area (Å²) in [6.45, 7) is 1.94. The summed E-state index contributed by atoms with van der Waals surface area (Å²) in [7, 11) is 0.